The average Bonchev–Trinajstić information content (AvgIpc) is 2.65. The van der Waals surface area contributed by atoms with Gasteiger partial charge in [0, 0.05) is 5.56 Å². The van der Waals surface area contributed by atoms with Crippen LogP contribution in [-0.2, 0) is 31.1 Å². The number of benzene rings is 2. The van der Waals surface area contributed by atoms with Gasteiger partial charge in [-0.2, -0.15) is 8.78 Å². The van der Waals surface area contributed by atoms with E-state index in [1.165, 1.54) is 24.3 Å². The van der Waals surface area contributed by atoms with Crippen molar-refractivity contribution in [1.29, 1.82) is 0 Å². The highest BCUT2D eigenvalue weighted by atomic mass is 32.2. The Morgan fingerprint density at radius 1 is 1.00 bits per heavy atom. The van der Waals surface area contributed by atoms with Crippen LogP contribution in [0.4, 0.5) is 8.78 Å². The maximum atomic E-state index is 13.1. The third-order valence-corrected chi connectivity index (χ3v) is 4.00. The topological polar surface area (TPSA) is 119 Å². The molecule has 0 aromatic heterocycles. The Balaban J connectivity index is 1.97. The zero-order valence-corrected chi connectivity index (χ0v) is 14.9. The number of halogens is 2. The van der Waals surface area contributed by atoms with Gasteiger partial charge in [-0.25, -0.2) is 18.0 Å². The lowest BCUT2D eigenvalue weighted by Gasteiger charge is -2.18. The second-order valence-corrected chi connectivity index (χ2v) is 6.65. The van der Waals surface area contributed by atoms with Crippen molar-refractivity contribution in [2.45, 2.75) is 11.9 Å². The van der Waals surface area contributed by atoms with Crippen molar-refractivity contribution in [3.05, 3.63) is 60.2 Å². The van der Waals surface area contributed by atoms with Crippen LogP contribution in [-0.4, -0.2) is 36.8 Å². The standard InChI is InChI=1S/C17H14F2O8S/c18-17(19,28(22,23)24)16(21)26-10-12-6-4-5-9-14(12)25-11-15(20)27-13-7-2-1-3-8-13/h1-9H,10-11H2,(H,22,23,24)/p-1. The van der Waals surface area contributed by atoms with Crippen molar-refractivity contribution in [2.75, 3.05) is 6.61 Å². The van der Waals surface area contributed by atoms with Crippen LogP contribution in [0.25, 0.3) is 0 Å². The van der Waals surface area contributed by atoms with Crippen LogP contribution in [0.1, 0.15) is 5.56 Å². The Labute approximate surface area is 158 Å². The van der Waals surface area contributed by atoms with Crippen molar-refractivity contribution >= 4 is 22.1 Å². The van der Waals surface area contributed by atoms with Crippen LogP contribution in [0, 0.1) is 0 Å². The van der Waals surface area contributed by atoms with Gasteiger partial charge in [-0.3, -0.25) is 0 Å². The van der Waals surface area contributed by atoms with Gasteiger partial charge in [0.25, 0.3) is 0 Å². The molecule has 0 heterocycles. The molecular formula is C17H13F2O8S-. The zero-order chi connectivity index (χ0) is 20.8. The largest absolute Gasteiger partial charge is 0.743 e. The van der Waals surface area contributed by atoms with E-state index in [4.69, 9.17) is 9.47 Å². The summed E-state index contributed by atoms with van der Waals surface area (Å²) in [5.74, 6) is -2.96. The van der Waals surface area contributed by atoms with E-state index in [0.29, 0.717) is 5.75 Å². The van der Waals surface area contributed by atoms with E-state index < -0.39 is 40.5 Å². The van der Waals surface area contributed by atoms with E-state index in [-0.39, 0.29) is 11.3 Å². The molecule has 0 aliphatic rings. The van der Waals surface area contributed by atoms with Crippen LogP contribution in [0.5, 0.6) is 11.5 Å². The van der Waals surface area contributed by atoms with Crippen molar-refractivity contribution in [3.63, 3.8) is 0 Å². The fourth-order valence-corrected chi connectivity index (χ4v) is 2.14. The predicted molar refractivity (Wildman–Crippen MR) is 88.5 cm³/mol. The number of alkyl halides is 2. The highest BCUT2D eigenvalue weighted by molar-refractivity contribution is 7.87. The number of ether oxygens (including phenoxy) is 3. The minimum Gasteiger partial charge on any atom is -0.743 e. The summed E-state index contributed by atoms with van der Waals surface area (Å²) in [6.07, 6.45) is 0. The Morgan fingerprint density at radius 3 is 2.25 bits per heavy atom. The lowest BCUT2D eigenvalue weighted by Crippen LogP contribution is -2.39. The van der Waals surface area contributed by atoms with Gasteiger partial charge in [-0.15, -0.1) is 0 Å². The fourth-order valence-electron chi connectivity index (χ4n) is 1.88. The van der Waals surface area contributed by atoms with Crippen LogP contribution in [0.15, 0.2) is 54.6 Å². The first-order valence-corrected chi connectivity index (χ1v) is 8.99. The van der Waals surface area contributed by atoms with Gasteiger partial charge in [0.1, 0.15) is 18.1 Å². The molecule has 0 atom stereocenters. The molecule has 0 bridgehead atoms. The smallest absolute Gasteiger partial charge is 0.428 e. The molecule has 8 nitrogen and oxygen atoms in total. The molecule has 0 saturated heterocycles. The monoisotopic (exact) mass is 415 g/mol. The molecule has 0 aliphatic carbocycles. The quantitative estimate of drug-likeness (QED) is 0.364. The summed E-state index contributed by atoms with van der Waals surface area (Å²) >= 11 is 0. The molecule has 0 aliphatic heterocycles. The molecule has 0 spiro atoms. The molecular weight excluding hydrogens is 402 g/mol. The van der Waals surface area contributed by atoms with E-state index in [1.54, 1.807) is 30.3 Å². The SMILES string of the molecule is O=C(COc1ccccc1COC(=O)C(F)(F)S(=O)(=O)[O-])Oc1ccccc1. The molecule has 2 aromatic rings. The summed E-state index contributed by atoms with van der Waals surface area (Å²) in [5, 5.41) is -5.22. The molecule has 0 radical (unpaired) electrons. The summed E-state index contributed by atoms with van der Waals surface area (Å²) in [7, 11) is -6.22. The van der Waals surface area contributed by atoms with Gasteiger partial charge in [-0.1, -0.05) is 36.4 Å². The van der Waals surface area contributed by atoms with Gasteiger partial charge in [0.15, 0.2) is 16.7 Å². The normalized spacial score (nSPS) is 11.5. The number of hydrogen-bond donors (Lipinski definition) is 0. The first-order chi connectivity index (χ1) is 13.1. The predicted octanol–water partition coefficient (Wildman–Crippen LogP) is 1.85. The molecule has 2 aromatic carbocycles. The number of carbonyl (C=O) groups is 2. The number of rotatable bonds is 8. The van der Waals surface area contributed by atoms with E-state index in [1.807, 2.05) is 0 Å². The van der Waals surface area contributed by atoms with Crippen LogP contribution in [0.3, 0.4) is 0 Å². The number of carbonyl (C=O) groups excluding carboxylic acids is 2. The van der Waals surface area contributed by atoms with E-state index in [9.17, 15) is 31.3 Å². The molecule has 11 heteroatoms. The Bertz CT molecular complexity index is 945. The van der Waals surface area contributed by atoms with Crippen molar-refractivity contribution in [2.24, 2.45) is 0 Å². The molecule has 0 fully saturated rings. The van der Waals surface area contributed by atoms with Crippen molar-refractivity contribution in [1.82, 2.24) is 0 Å². The number of hydrogen-bond acceptors (Lipinski definition) is 8. The van der Waals surface area contributed by atoms with E-state index in [0.717, 1.165) is 0 Å². The fraction of sp³-hybridized carbons (Fsp3) is 0.176. The van der Waals surface area contributed by atoms with Gasteiger partial charge in [0.05, 0.1) is 0 Å². The van der Waals surface area contributed by atoms with Gasteiger partial charge in [-0.05, 0) is 18.2 Å². The maximum absolute atomic E-state index is 13.1. The first kappa shape index (κ1) is 21.3. The average molecular weight is 415 g/mol. The van der Waals surface area contributed by atoms with E-state index >= 15 is 0 Å². The molecule has 0 amide bonds. The van der Waals surface area contributed by atoms with Gasteiger partial charge in [0.2, 0.25) is 0 Å². The van der Waals surface area contributed by atoms with Gasteiger partial charge < -0.3 is 18.8 Å². The second-order valence-electron chi connectivity index (χ2n) is 5.23. The molecule has 2 rings (SSSR count). The first-order valence-electron chi connectivity index (χ1n) is 7.58. The van der Waals surface area contributed by atoms with Crippen LogP contribution >= 0.6 is 0 Å². The minimum absolute atomic E-state index is 0.00797. The summed E-state index contributed by atoms with van der Waals surface area (Å²) in [6, 6.07) is 13.8. The number of esters is 2. The second kappa shape index (κ2) is 8.76. The van der Waals surface area contributed by atoms with Crippen molar-refractivity contribution in [3.8, 4) is 11.5 Å². The molecule has 0 N–H and O–H groups in total. The van der Waals surface area contributed by atoms with Gasteiger partial charge >= 0.3 is 17.2 Å². The summed E-state index contributed by atoms with van der Waals surface area (Å²) in [4.78, 5) is 23.0. The third kappa shape index (κ3) is 5.47. The Morgan fingerprint density at radius 2 is 1.61 bits per heavy atom. The summed E-state index contributed by atoms with van der Waals surface area (Å²) in [6.45, 7) is -1.35. The third-order valence-electron chi connectivity index (χ3n) is 3.20. The Hall–Kier alpha value is -3.05. The maximum Gasteiger partial charge on any atom is 0.428 e. The highest BCUT2D eigenvalue weighted by Crippen LogP contribution is 2.24. The molecule has 150 valence electrons. The van der Waals surface area contributed by atoms with Crippen molar-refractivity contribution < 1.29 is 45.6 Å². The number of para-hydroxylation sites is 2. The summed E-state index contributed by atoms with van der Waals surface area (Å²) < 4.78 is 71.9. The van der Waals surface area contributed by atoms with Crippen LogP contribution in [0.2, 0.25) is 0 Å². The highest BCUT2D eigenvalue weighted by Gasteiger charge is 2.48. The Kier molecular flexibility index (Phi) is 6.65. The zero-order valence-electron chi connectivity index (χ0n) is 14.0. The lowest BCUT2D eigenvalue weighted by molar-refractivity contribution is -0.163. The van der Waals surface area contributed by atoms with E-state index in [2.05, 4.69) is 4.74 Å². The molecule has 0 saturated carbocycles. The summed E-state index contributed by atoms with van der Waals surface area (Å²) in [5.41, 5.74) is 0.0578. The molecule has 0 unspecified atom stereocenters. The minimum atomic E-state index is -6.22. The van der Waals surface area contributed by atoms with Crippen LogP contribution < -0.4 is 9.47 Å². The lowest BCUT2D eigenvalue weighted by atomic mass is 10.2. The molecule has 28 heavy (non-hydrogen) atoms.